The monoisotopic (exact) mass is 365 g/mol. The van der Waals surface area contributed by atoms with Crippen LogP contribution in [0.4, 0.5) is 0 Å². The highest BCUT2D eigenvalue weighted by Gasteiger charge is 2.26. The average Bonchev–Trinajstić information content (AvgIpc) is 2.72. The number of hydrogen-bond donors (Lipinski definition) is 1. The van der Waals surface area contributed by atoms with Crippen LogP contribution < -0.4 is 5.32 Å². The Morgan fingerprint density at radius 3 is 2.44 bits per heavy atom. The van der Waals surface area contributed by atoms with Crippen molar-refractivity contribution in [2.75, 3.05) is 20.6 Å². The molecule has 0 radical (unpaired) electrons. The molecule has 5 nitrogen and oxygen atoms in total. The molecule has 1 aliphatic heterocycles. The van der Waals surface area contributed by atoms with Gasteiger partial charge in [-0.1, -0.05) is 36.4 Å². The molecule has 0 saturated carbocycles. The number of nitrogens with one attached hydrogen (secondary N) is 1. The normalized spacial score (nSPS) is 14.6. The Morgan fingerprint density at radius 2 is 1.78 bits per heavy atom. The van der Waals surface area contributed by atoms with Crippen molar-refractivity contribution >= 4 is 11.8 Å². The summed E-state index contributed by atoms with van der Waals surface area (Å²) in [4.78, 5) is 28.6. The van der Waals surface area contributed by atoms with Gasteiger partial charge in [-0.3, -0.25) is 14.5 Å². The summed E-state index contributed by atoms with van der Waals surface area (Å²) in [7, 11) is 3.59. The lowest BCUT2D eigenvalue weighted by Crippen LogP contribution is -2.47. The summed E-state index contributed by atoms with van der Waals surface area (Å²) in [6.45, 7) is 4.08. The van der Waals surface area contributed by atoms with Crippen LogP contribution in [0.1, 0.15) is 34.0 Å². The van der Waals surface area contributed by atoms with E-state index < -0.39 is 0 Å². The van der Waals surface area contributed by atoms with E-state index in [4.69, 9.17) is 0 Å². The van der Waals surface area contributed by atoms with Crippen LogP contribution in [0.2, 0.25) is 0 Å². The summed E-state index contributed by atoms with van der Waals surface area (Å²) in [5.41, 5.74) is 4.31. The molecule has 2 aromatic rings. The lowest BCUT2D eigenvalue weighted by atomic mass is 9.99. The van der Waals surface area contributed by atoms with Crippen molar-refractivity contribution in [3.8, 4) is 0 Å². The third-order valence-corrected chi connectivity index (χ3v) is 5.34. The maximum Gasteiger partial charge on any atom is 0.251 e. The van der Waals surface area contributed by atoms with Crippen LogP contribution in [0.3, 0.4) is 0 Å². The summed E-state index contributed by atoms with van der Waals surface area (Å²) >= 11 is 0. The van der Waals surface area contributed by atoms with Crippen LogP contribution in [-0.4, -0.2) is 48.3 Å². The van der Waals surface area contributed by atoms with E-state index in [9.17, 15) is 9.59 Å². The number of likely N-dealkylation sites (N-methyl/N-ethyl adjacent to an activating group) is 1. The first kappa shape index (κ1) is 19.1. The Balaban J connectivity index is 1.61. The molecule has 27 heavy (non-hydrogen) atoms. The van der Waals surface area contributed by atoms with E-state index in [0.717, 1.165) is 18.5 Å². The van der Waals surface area contributed by atoms with Crippen LogP contribution in [-0.2, 0) is 24.3 Å². The summed E-state index contributed by atoms with van der Waals surface area (Å²) in [6.07, 6.45) is 0.916. The molecule has 0 aromatic heterocycles. The van der Waals surface area contributed by atoms with Crippen LogP contribution in [0.15, 0.2) is 48.5 Å². The third kappa shape index (κ3) is 4.37. The smallest absolute Gasteiger partial charge is 0.251 e. The van der Waals surface area contributed by atoms with Crippen LogP contribution >= 0.6 is 0 Å². The minimum atomic E-state index is -0.200. The number of amides is 2. The van der Waals surface area contributed by atoms with E-state index in [2.05, 4.69) is 28.4 Å². The van der Waals surface area contributed by atoms with Gasteiger partial charge in [0.2, 0.25) is 5.91 Å². The number of hydrogen-bond acceptors (Lipinski definition) is 3. The van der Waals surface area contributed by atoms with Crippen LogP contribution in [0.5, 0.6) is 0 Å². The van der Waals surface area contributed by atoms with Gasteiger partial charge in [0.25, 0.3) is 5.91 Å². The van der Waals surface area contributed by atoms with Crippen molar-refractivity contribution in [2.45, 2.75) is 32.5 Å². The predicted octanol–water partition coefficient (Wildman–Crippen LogP) is 2.45. The lowest BCUT2D eigenvalue weighted by molar-refractivity contribution is -0.137. The second-order valence-corrected chi connectivity index (χ2v) is 7.15. The fourth-order valence-corrected chi connectivity index (χ4v) is 3.47. The molecule has 3 rings (SSSR count). The fraction of sp³-hybridized carbons (Fsp3) is 0.364. The topological polar surface area (TPSA) is 52.7 Å². The Kier molecular flexibility index (Phi) is 5.91. The Labute approximate surface area is 161 Å². The van der Waals surface area contributed by atoms with E-state index in [0.29, 0.717) is 18.7 Å². The molecule has 2 amide bonds. The van der Waals surface area contributed by atoms with Crippen LogP contribution in [0, 0.1) is 0 Å². The SMILES string of the molecule is CNC(=O)c1ccc(CN(C)[C@H](C)C(=O)N2CCc3ccccc3C2)cc1. The molecule has 1 heterocycles. The predicted molar refractivity (Wildman–Crippen MR) is 106 cm³/mol. The summed E-state index contributed by atoms with van der Waals surface area (Å²) in [5.74, 6) is 0.0674. The van der Waals surface area contributed by atoms with E-state index in [1.54, 1.807) is 7.05 Å². The molecule has 0 bridgehead atoms. The van der Waals surface area contributed by atoms with Crippen molar-refractivity contribution in [2.24, 2.45) is 0 Å². The first-order valence-corrected chi connectivity index (χ1v) is 9.36. The van der Waals surface area contributed by atoms with Gasteiger partial charge in [-0.2, -0.15) is 0 Å². The van der Waals surface area contributed by atoms with Crippen molar-refractivity contribution in [1.29, 1.82) is 0 Å². The number of rotatable bonds is 5. The summed E-state index contributed by atoms with van der Waals surface area (Å²) < 4.78 is 0. The molecule has 1 N–H and O–H groups in total. The lowest BCUT2D eigenvalue weighted by Gasteiger charge is -2.33. The van der Waals surface area contributed by atoms with Crippen molar-refractivity contribution in [1.82, 2.24) is 15.1 Å². The fourth-order valence-electron chi connectivity index (χ4n) is 3.47. The largest absolute Gasteiger partial charge is 0.355 e. The highest BCUT2D eigenvalue weighted by Crippen LogP contribution is 2.20. The minimum absolute atomic E-state index is 0.0937. The summed E-state index contributed by atoms with van der Waals surface area (Å²) in [6, 6.07) is 15.7. The van der Waals surface area contributed by atoms with Crippen LogP contribution in [0.25, 0.3) is 0 Å². The standard InChI is InChI=1S/C22H27N3O2/c1-16(22(27)25-13-12-18-6-4-5-7-20(18)15-25)24(3)14-17-8-10-19(11-9-17)21(26)23-2/h4-11,16H,12-15H2,1-3H3,(H,23,26)/t16-/m1/s1. The number of carbonyl (C=O) groups excluding carboxylic acids is 2. The van der Waals surface area contributed by atoms with Gasteiger partial charge in [-0.25, -0.2) is 0 Å². The van der Waals surface area contributed by atoms with Gasteiger partial charge in [-0.15, -0.1) is 0 Å². The van der Waals surface area contributed by atoms with Gasteiger partial charge in [-0.05, 0) is 49.2 Å². The van der Waals surface area contributed by atoms with Gasteiger partial charge in [0.05, 0.1) is 6.04 Å². The third-order valence-electron chi connectivity index (χ3n) is 5.34. The quantitative estimate of drug-likeness (QED) is 0.886. The van der Waals surface area contributed by atoms with E-state index in [1.807, 2.05) is 49.2 Å². The molecule has 0 spiro atoms. The Morgan fingerprint density at radius 1 is 1.11 bits per heavy atom. The second-order valence-electron chi connectivity index (χ2n) is 7.15. The molecule has 1 aliphatic rings. The molecule has 0 unspecified atom stereocenters. The molecule has 0 fully saturated rings. The highest BCUT2D eigenvalue weighted by molar-refractivity contribution is 5.93. The minimum Gasteiger partial charge on any atom is -0.355 e. The zero-order valence-electron chi connectivity index (χ0n) is 16.2. The number of nitrogens with zero attached hydrogens (tertiary/aromatic N) is 2. The number of benzene rings is 2. The molecule has 0 saturated heterocycles. The van der Waals surface area contributed by atoms with Crippen molar-refractivity contribution in [3.05, 3.63) is 70.8 Å². The van der Waals surface area contributed by atoms with E-state index in [1.165, 1.54) is 11.1 Å². The number of carbonyl (C=O) groups is 2. The molecule has 1 atom stereocenters. The zero-order chi connectivity index (χ0) is 19.4. The van der Waals surface area contributed by atoms with Gasteiger partial charge >= 0.3 is 0 Å². The zero-order valence-corrected chi connectivity index (χ0v) is 16.2. The first-order chi connectivity index (χ1) is 13.0. The highest BCUT2D eigenvalue weighted by atomic mass is 16.2. The molecular weight excluding hydrogens is 338 g/mol. The second kappa shape index (κ2) is 8.35. The molecule has 2 aromatic carbocycles. The van der Waals surface area contributed by atoms with Crippen molar-refractivity contribution in [3.63, 3.8) is 0 Å². The summed E-state index contributed by atoms with van der Waals surface area (Å²) in [5, 5.41) is 2.62. The van der Waals surface area contributed by atoms with Gasteiger partial charge in [0.15, 0.2) is 0 Å². The Hall–Kier alpha value is -2.66. The molecule has 142 valence electrons. The number of fused-ring (bicyclic) bond motifs is 1. The maximum atomic E-state index is 13.0. The molecular formula is C22H27N3O2. The van der Waals surface area contributed by atoms with Gasteiger partial charge in [0.1, 0.15) is 0 Å². The first-order valence-electron chi connectivity index (χ1n) is 9.36. The van der Waals surface area contributed by atoms with Gasteiger partial charge in [0, 0.05) is 32.2 Å². The molecule has 5 heteroatoms. The van der Waals surface area contributed by atoms with Gasteiger partial charge < -0.3 is 10.2 Å². The molecule has 0 aliphatic carbocycles. The average molecular weight is 365 g/mol. The van der Waals surface area contributed by atoms with E-state index >= 15 is 0 Å². The van der Waals surface area contributed by atoms with E-state index in [-0.39, 0.29) is 17.9 Å². The maximum absolute atomic E-state index is 13.0. The Bertz CT molecular complexity index is 817. The van der Waals surface area contributed by atoms with Crippen molar-refractivity contribution < 1.29 is 9.59 Å².